The fraction of sp³-hybridized carbons (Fsp3) is 0.208. The number of benzene rings is 2. The molecule has 0 spiro atoms. The molecule has 1 aliphatic rings. The Morgan fingerprint density at radius 3 is 2.32 bits per heavy atom. The number of sulfonamides is 1. The molecule has 2 heterocycles. The molecule has 0 aliphatic carbocycles. The van der Waals surface area contributed by atoms with Crippen LogP contribution in [0.5, 0.6) is 0 Å². The van der Waals surface area contributed by atoms with Gasteiger partial charge >= 0.3 is 0 Å². The van der Waals surface area contributed by atoms with Crippen LogP contribution < -0.4 is 10.6 Å². The van der Waals surface area contributed by atoms with Gasteiger partial charge in [-0.15, -0.1) is 0 Å². The summed E-state index contributed by atoms with van der Waals surface area (Å²) in [5.41, 5.74) is 1.30. The van der Waals surface area contributed by atoms with E-state index in [9.17, 15) is 18.0 Å². The third kappa shape index (κ3) is 5.44. The maximum Gasteiger partial charge on any atom is 0.257 e. The summed E-state index contributed by atoms with van der Waals surface area (Å²) in [5, 5.41) is 6.19. The van der Waals surface area contributed by atoms with Crippen LogP contribution in [-0.4, -0.2) is 42.6 Å². The van der Waals surface area contributed by atoms with E-state index in [2.05, 4.69) is 15.6 Å². The van der Waals surface area contributed by atoms with Gasteiger partial charge in [0, 0.05) is 42.1 Å². The van der Waals surface area contributed by atoms with Crippen LogP contribution in [0, 0.1) is 5.92 Å². The Morgan fingerprint density at radius 2 is 1.65 bits per heavy atom. The summed E-state index contributed by atoms with van der Waals surface area (Å²) in [6.45, 7) is 0.460. The Hall–Kier alpha value is -3.27. The first kappa shape index (κ1) is 23.9. The summed E-state index contributed by atoms with van der Waals surface area (Å²) < 4.78 is 26.9. The van der Waals surface area contributed by atoms with Gasteiger partial charge in [0.25, 0.3) is 5.91 Å². The molecule has 4 rings (SSSR count). The van der Waals surface area contributed by atoms with E-state index >= 15 is 0 Å². The maximum absolute atomic E-state index is 12.9. The molecule has 2 amide bonds. The van der Waals surface area contributed by atoms with Crippen LogP contribution in [0.2, 0.25) is 5.02 Å². The minimum Gasteiger partial charge on any atom is -0.325 e. The Kier molecular flexibility index (Phi) is 7.26. The number of pyridine rings is 1. The van der Waals surface area contributed by atoms with Crippen LogP contribution in [0.1, 0.15) is 23.2 Å². The molecular weight excluding hydrogens is 476 g/mol. The third-order valence-electron chi connectivity index (χ3n) is 5.63. The molecule has 1 aromatic heterocycles. The van der Waals surface area contributed by atoms with Crippen LogP contribution in [0.15, 0.2) is 78.0 Å². The van der Waals surface area contributed by atoms with Gasteiger partial charge < -0.3 is 10.6 Å². The molecule has 0 unspecified atom stereocenters. The van der Waals surface area contributed by atoms with Crippen molar-refractivity contribution in [2.24, 2.45) is 5.92 Å². The number of aromatic nitrogens is 1. The van der Waals surface area contributed by atoms with Crippen molar-refractivity contribution in [2.75, 3.05) is 23.7 Å². The number of hydrogen-bond donors (Lipinski definition) is 2. The largest absolute Gasteiger partial charge is 0.325 e. The molecule has 176 valence electrons. The molecule has 2 N–H and O–H groups in total. The highest BCUT2D eigenvalue weighted by Gasteiger charge is 2.32. The van der Waals surface area contributed by atoms with E-state index in [-0.39, 0.29) is 35.7 Å². The summed E-state index contributed by atoms with van der Waals surface area (Å²) in [6, 6.07) is 16.5. The molecule has 8 nitrogen and oxygen atoms in total. The SMILES string of the molecule is O=C(Nc1ccc(Cl)cc1)c1ccccc1NC(=O)C1CCN(S(=O)(=O)c2cccnc2)CC1. The number of piperidine rings is 1. The van der Waals surface area contributed by atoms with E-state index in [4.69, 9.17) is 11.6 Å². The summed E-state index contributed by atoms with van der Waals surface area (Å²) in [4.78, 5) is 29.7. The quantitative estimate of drug-likeness (QED) is 0.533. The first-order chi connectivity index (χ1) is 16.3. The van der Waals surface area contributed by atoms with Crippen molar-refractivity contribution >= 4 is 44.8 Å². The number of carbonyl (C=O) groups is 2. The lowest BCUT2D eigenvalue weighted by Crippen LogP contribution is -2.41. The van der Waals surface area contributed by atoms with Gasteiger partial charge in [0.1, 0.15) is 4.90 Å². The Bertz CT molecular complexity index is 1280. The average Bonchev–Trinajstić information content (AvgIpc) is 2.86. The third-order valence-corrected chi connectivity index (χ3v) is 7.76. The van der Waals surface area contributed by atoms with Gasteiger partial charge in [-0.05, 0) is 61.4 Å². The minimum absolute atomic E-state index is 0.138. The summed E-state index contributed by atoms with van der Waals surface area (Å²) >= 11 is 5.89. The molecule has 0 saturated carbocycles. The second-order valence-corrected chi connectivity index (χ2v) is 10.2. The molecule has 2 aromatic carbocycles. The highest BCUT2D eigenvalue weighted by molar-refractivity contribution is 7.89. The number of hydrogen-bond acceptors (Lipinski definition) is 5. The second-order valence-electron chi connectivity index (χ2n) is 7.86. The molecule has 1 fully saturated rings. The Balaban J connectivity index is 1.39. The lowest BCUT2D eigenvalue weighted by atomic mass is 9.97. The van der Waals surface area contributed by atoms with Gasteiger partial charge in [-0.25, -0.2) is 8.42 Å². The van der Waals surface area contributed by atoms with Crippen molar-refractivity contribution in [3.63, 3.8) is 0 Å². The lowest BCUT2D eigenvalue weighted by molar-refractivity contribution is -0.120. The number of anilines is 2. The van der Waals surface area contributed by atoms with E-state index in [1.807, 2.05) is 0 Å². The smallest absolute Gasteiger partial charge is 0.257 e. The highest BCUT2D eigenvalue weighted by atomic mass is 35.5. The van der Waals surface area contributed by atoms with Gasteiger partial charge in [0.05, 0.1) is 11.3 Å². The van der Waals surface area contributed by atoms with Crippen LogP contribution in [0.4, 0.5) is 11.4 Å². The van der Waals surface area contributed by atoms with Crippen molar-refractivity contribution in [1.29, 1.82) is 0 Å². The van der Waals surface area contributed by atoms with Gasteiger partial charge in [0.15, 0.2) is 0 Å². The number of halogens is 1. The van der Waals surface area contributed by atoms with Crippen molar-refractivity contribution in [3.8, 4) is 0 Å². The van der Waals surface area contributed by atoms with E-state index in [1.165, 1.54) is 22.8 Å². The molecule has 0 atom stereocenters. The topological polar surface area (TPSA) is 108 Å². The molecular formula is C24H23ClN4O4S. The van der Waals surface area contributed by atoms with Crippen LogP contribution >= 0.6 is 11.6 Å². The number of para-hydroxylation sites is 1. The van der Waals surface area contributed by atoms with E-state index in [1.54, 1.807) is 54.6 Å². The number of rotatable bonds is 6. The standard InChI is InChI=1S/C24H23ClN4O4S/c25-18-7-9-19(10-8-18)27-24(31)21-5-1-2-6-22(21)28-23(30)17-11-14-29(15-12-17)34(32,33)20-4-3-13-26-16-20/h1-10,13,16-17H,11-12,14-15H2,(H,27,31)(H,28,30). The summed E-state index contributed by atoms with van der Waals surface area (Å²) in [5.74, 6) is -0.978. The van der Waals surface area contributed by atoms with E-state index in [0.717, 1.165) is 0 Å². The van der Waals surface area contributed by atoms with Crippen LogP contribution in [-0.2, 0) is 14.8 Å². The molecule has 10 heteroatoms. The van der Waals surface area contributed by atoms with Gasteiger partial charge in [0.2, 0.25) is 15.9 Å². The van der Waals surface area contributed by atoms with E-state index < -0.39 is 10.0 Å². The average molecular weight is 499 g/mol. The normalized spacial score (nSPS) is 15.0. The van der Waals surface area contributed by atoms with E-state index in [0.29, 0.717) is 34.8 Å². The zero-order valence-corrected chi connectivity index (χ0v) is 19.7. The number of nitrogens with zero attached hydrogens (tertiary/aromatic N) is 2. The fourth-order valence-corrected chi connectivity index (χ4v) is 5.32. The van der Waals surface area contributed by atoms with Gasteiger partial charge in [-0.1, -0.05) is 23.7 Å². The highest BCUT2D eigenvalue weighted by Crippen LogP contribution is 2.26. The molecule has 0 bridgehead atoms. The predicted molar refractivity (Wildman–Crippen MR) is 130 cm³/mol. The van der Waals surface area contributed by atoms with Crippen molar-refractivity contribution in [1.82, 2.24) is 9.29 Å². The zero-order valence-electron chi connectivity index (χ0n) is 18.1. The lowest BCUT2D eigenvalue weighted by Gasteiger charge is -2.30. The molecule has 0 radical (unpaired) electrons. The Labute approximate surface area is 203 Å². The van der Waals surface area contributed by atoms with Gasteiger partial charge in [-0.2, -0.15) is 4.31 Å². The van der Waals surface area contributed by atoms with Gasteiger partial charge in [-0.3, -0.25) is 14.6 Å². The predicted octanol–water partition coefficient (Wildman–Crippen LogP) is 4.03. The molecule has 34 heavy (non-hydrogen) atoms. The first-order valence-corrected chi connectivity index (χ1v) is 12.5. The number of nitrogens with one attached hydrogen (secondary N) is 2. The maximum atomic E-state index is 12.9. The van der Waals surface area contributed by atoms with Crippen molar-refractivity contribution in [2.45, 2.75) is 17.7 Å². The number of carbonyl (C=O) groups excluding carboxylic acids is 2. The zero-order chi connectivity index (χ0) is 24.1. The van der Waals surface area contributed by atoms with Crippen LogP contribution in [0.3, 0.4) is 0 Å². The van der Waals surface area contributed by atoms with Crippen molar-refractivity contribution in [3.05, 3.63) is 83.6 Å². The summed E-state index contributed by atoms with van der Waals surface area (Å²) in [7, 11) is -3.64. The molecule has 3 aromatic rings. The first-order valence-electron chi connectivity index (χ1n) is 10.7. The minimum atomic E-state index is -3.64. The fourth-order valence-electron chi connectivity index (χ4n) is 3.76. The molecule has 1 saturated heterocycles. The van der Waals surface area contributed by atoms with Crippen molar-refractivity contribution < 1.29 is 18.0 Å². The summed E-state index contributed by atoms with van der Waals surface area (Å²) in [6.07, 6.45) is 3.60. The monoisotopic (exact) mass is 498 g/mol. The second kappa shape index (κ2) is 10.3. The van der Waals surface area contributed by atoms with Crippen LogP contribution in [0.25, 0.3) is 0 Å². The number of amides is 2. The Morgan fingerprint density at radius 1 is 0.941 bits per heavy atom. The molecule has 1 aliphatic heterocycles.